The number of carbonyl (C=O) groups excluding carboxylic acids is 1. The topological polar surface area (TPSA) is 51.9 Å². The van der Waals surface area contributed by atoms with Gasteiger partial charge in [0.05, 0.1) is 7.11 Å². The molecular formula is C25H29F2NO4. The molecule has 1 aromatic heterocycles. The molecule has 0 amide bonds. The molecule has 0 fully saturated rings. The van der Waals surface area contributed by atoms with Crippen molar-refractivity contribution in [2.75, 3.05) is 20.7 Å². The Kier molecular flexibility index (Phi) is 9.40. The molecule has 1 heterocycles. The smallest absolute Gasteiger partial charge is 0.387 e. The molecule has 0 aliphatic heterocycles. The minimum Gasteiger partial charge on any atom is -0.463 e. The molecule has 7 heteroatoms. The summed E-state index contributed by atoms with van der Waals surface area (Å²) in [4.78, 5) is 13.7. The molecule has 0 saturated heterocycles. The third-order valence-corrected chi connectivity index (χ3v) is 4.80. The van der Waals surface area contributed by atoms with Gasteiger partial charge in [0.25, 0.3) is 0 Å². The Morgan fingerprint density at radius 2 is 1.94 bits per heavy atom. The Balaban J connectivity index is 1.94. The second-order valence-corrected chi connectivity index (χ2v) is 7.41. The standard InChI is InChI=1S/C25H29F2NO4/c1-6-19(20-10-12-22(13-11-20)32-25(26)27)9-7-8-17(2)15-28(4)16-21-14-23(24(29)30-5)31-18(21)3/h6,8-14,25H,1,7,15-16H2,2-5H3/b17-8+,19-9+. The highest BCUT2D eigenvalue weighted by atomic mass is 19.3. The van der Waals surface area contributed by atoms with Crippen molar-refractivity contribution in [3.63, 3.8) is 0 Å². The number of furan rings is 1. The summed E-state index contributed by atoms with van der Waals surface area (Å²) in [5.74, 6) is 0.538. The van der Waals surface area contributed by atoms with E-state index in [0.29, 0.717) is 18.7 Å². The van der Waals surface area contributed by atoms with Crippen molar-refractivity contribution in [1.29, 1.82) is 0 Å². The monoisotopic (exact) mass is 445 g/mol. The predicted octanol–water partition coefficient (Wildman–Crippen LogP) is 6.01. The first-order valence-electron chi connectivity index (χ1n) is 10.1. The maximum atomic E-state index is 12.3. The Morgan fingerprint density at radius 1 is 1.25 bits per heavy atom. The lowest BCUT2D eigenvalue weighted by Gasteiger charge is -2.16. The van der Waals surface area contributed by atoms with Gasteiger partial charge in [-0.05, 0) is 56.7 Å². The van der Waals surface area contributed by atoms with Crippen molar-refractivity contribution >= 4 is 11.5 Å². The minimum absolute atomic E-state index is 0.123. The number of allylic oxidation sites excluding steroid dienone is 4. The molecule has 0 unspecified atom stereocenters. The fraction of sp³-hybridized carbons (Fsp3) is 0.320. The Morgan fingerprint density at radius 3 is 2.53 bits per heavy atom. The minimum atomic E-state index is -2.84. The van der Waals surface area contributed by atoms with Gasteiger partial charge in [0.2, 0.25) is 5.76 Å². The van der Waals surface area contributed by atoms with Crippen LogP contribution in [0, 0.1) is 6.92 Å². The van der Waals surface area contributed by atoms with Crippen molar-refractivity contribution in [3.05, 3.63) is 83.4 Å². The van der Waals surface area contributed by atoms with Crippen molar-refractivity contribution in [2.24, 2.45) is 0 Å². The average Bonchev–Trinajstić information content (AvgIpc) is 3.11. The van der Waals surface area contributed by atoms with E-state index in [0.717, 1.165) is 23.2 Å². The third-order valence-electron chi connectivity index (χ3n) is 4.80. The van der Waals surface area contributed by atoms with E-state index in [1.165, 1.54) is 24.8 Å². The van der Waals surface area contributed by atoms with E-state index in [-0.39, 0.29) is 11.5 Å². The van der Waals surface area contributed by atoms with Gasteiger partial charge in [-0.15, -0.1) is 0 Å². The average molecular weight is 446 g/mol. The molecule has 0 atom stereocenters. The first-order chi connectivity index (χ1) is 15.2. The number of carbonyl (C=O) groups is 1. The molecule has 1 aromatic carbocycles. The van der Waals surface area contributed by atoms with Crippen LogP contribution in [0.15, 0.2) is 65.1 Å². The van der Waals surface area contributed by atoms with E-state index in [1.807, 2.05) is 20.0 Å². The van der Waals surface area contributed by atoms with E-state index in [4.69, 9.17) is 9.15 Å². The number of ether oxygens (including phenoxy) is 2. The maximum Gasteiger partial charge on any atom is 0.387 e. The molecule has 0 radical (unpaired) electrons. The van der Waals surface area contributed by atoms with E-state index in [1.54, 1.807) is 24.3 Å². The fourth-order valence-corrected chi connectivity index (χ4v) is 3.25. The summed E-state index contributed by atoms with van der Waals surface area (Å²) >= 11 is 0. The highest BCUT2D eigenvalue weighted by Crippen LogP contribution is 2.22. The van der Waals surface area contributed by atoms with Crippen LogP contribution in [-0.4, -0.2) is 38.2 Å². The van der Waals surface area contributed by atoms with Crippen molar-refractivity contribution in [1.82, 2.24) is 4.90 Å². The number of alkyl halides is 2. The Labute approximate surface area is 187 Å². The zero-order valence-corrected chi connectivity index (χ0v) is 18.9. The third kappa shape index (κ3) is 7.50. The number of halogens is 2. The number of benzene rings is 1. The van der Waals surface area contributed by atoms with Crippen LogP contribution in [0.2, 0.25) is 0 Å². The second kappa shape index (κ2) is 12.0. The summed E-state index contributed by atoms with van der Waals surface area (Å²) in [6.45, 7) is 6.26. The van der Waals surface area contributed by atoms with Gasteiger partial charge in [-0.3, -0.25) is 4.90 Å². The number of esters is 1. The van der Waals surface area contributed by atoms with Crippen molar-refractivity contribution in [2.45, 2.75) is 33.4 Å². The van der Waals surface area contributed by atoms with Crippen LogP contribution in [0.1, 0.15) is 40.8 Å². The molecular weight excluding hydrogens is 416 g/mol. The second-order valence-electron chi connectivity index (χ2n) is 7.41. The number of likely N-dealkylation sites (N-methyl/N-ethyl adjacent to an activating group) is 1. The van der Waals surface area contributed by atoms with Crippen LogP contribution in [0.5, 0.6) is 5.75 Å². The fourth-order valence-electron chi connectivity index (χ4n) is 3.25. The van der Waals surface area contributed by atoms with Gasteiger partial charge < -0.3 is 13.9 Å². The van der Waals surface area contributed by atoms with E-state index in [2.05, 4.69) is 29.2 Å². The number of methoxy groups -OCH3 is 1. The van der Waals surface area contributed by atoms with Gasteiger partial charge in [-0.25, -0.2) is 4.79 Å². The first kappa shape index (κ1) is 25.1. The first-order valence-corrected chi connectivity index (χ1v) is 10.1. The van der Waals surface area contributed by atoms with Crippen LogP contribution in [0.4, 0.5) is 8.78 Å². The summed E-state index contributed by atoms with van der Waals surface area (Å²) in [5, 5.41) is 0. The lowest BCUT2D eigenvalue weighted by atomic mass is 10.0. The zero-order valence-electron chi connectivity index (χ0n) is 18.9. The summed E-state index contributed by atoms with van der Waals surface area (Å²) in [5.41, 5.74) is 3.91. The van der Waals surface area contributed by atoms with E-state index >= 15 is 0 Å². The number of rotatable bonds is 11. The Hall–Kier alpha value is -3.19. The van der Waals surface area contributed by atoms with Gasteiger partial charge in [0, 0.05) is 18.7 Å². The number of aryl methyl sites for hydroxylation is 1. The molecule has 0 bridgehead atoms. The maximum absolute atomic E-state index is 12.3. The van der Waals surface area contributed by atoms with Gasteiger partial charge in [0.15, 0.2) is 0 Å². The number of hydrogen-bond donors (Lipinski definition) is 0. The molecule has 0 aliphatic rings. The van der Waals surface area contributed by atoms with Crippen LogP contribution in [0.3, 0.4) is 0 Å². The highest BCUT2D eigenvalue weighted by Gasteiger charge is 2.15. The summed E-state index contributed by atoms with van der Waals surface area (Å²) in [7, 11) is 3.32. The van der Waals surface area contributed by atoms with Crippen LogP contribution in [-0.2, 0) is 11.3 Å². The normalized spacial score (nSPS) is 12.4. The molecule has 172 valence electrons. The van der Waals surface area contributed by atoms with Crippen LogP contribution < -0.4 is 4.74 Å². The van der Waals surface area contributed by atoms with Gasteiger partial charge in [-0.1, -0.05) is 42.5 Å². The van der Waals surface area contributed by atoms with Gasteiger partial charge >= 0.3 is 12.6 Å². The zero-order chi connectivity index (χ0) is 23.7. The van der Waals surface area contributed by atoms with Crippen molar-refractivity contribution < 1.29 is 27.5 Å². The van der Waals surface area contributed by atoms with Crippen LogP contribution in [0.25, 0.3) is 5.57 Å². The van der Waals surface area contributed by atoms with E-state index < -0.39 is 12.6 Å². The SMILES string of the molecule is C=C/C(=C\C/C=C(\C)CN(C)Cc1cc(C(=O)OC)oc1C)c1ccc(OC(F)F)cc1. The summed E-state index contributed by atoms with van der Waals surface area (Å²) < 4.78 is 39.1. The van der Waals surface area contributed by atoms with Gasteiger partial charge in [0.1, 0.15) is 11.5 Å². The quantitative estimate of drug-likeness (QED) is 0.241. The Bertz CT molecular complexity index is 974. The molecule has 0 saturated carbocycles. The van der Waals surface area contributed by atoms with E-state index in [9.17, 15) is 13.6 Å². The molecule has 0 N–H and O–H groups in total. The van der Waals surface area contributed by atoms with Crippen molar-refractivity contribution in [3.8, 4) is 5.75 Å². The largest absolute Gasteiger partial charge is 0.463 e. The molecule has 32 heavy (non-hydrogen) atoms. The molecule has 0 spiro atoms. The molecule has 2 rings (SSSR count). The lowest BCUT2D eigenvalue weighted by Crippen LogP contribution is -2.20. The summed E-state index contributed by atoms with van der Waals surface area (Å²) in [6, 6.07) is 8.20. The lowest BCUT2D eigenvalue weighted by molar-refractivity contribution is -0.0498. The number of nitrogens with zero attached hydrogens (tertiary/aromatic N) is 1. The number of hydrogen-bond acceptors (Lipinski definition) is 5. The van der Waals surface area contributed by atoms with Crippen LogP contribution >= 0.6 is 0 Å². The molecule has 5 nitrogen and oxygen atoms in total. The van der Waals surface area contributed by atoms with Gasteiger partial charge in [-0.2, -0.15) is 8.78 Å². The molecule has 2 aromatic rings. The summed E-state index contributed by atoms with van der Waals surface area (Å²) in [6.07, 6.45) is 6.59. The highest BCUT2D eigenvalue weighted by molar-refractivity contribution is 5.86. The molecule has 0 aliphatic carbocycles. The predicted molar refractivity (Wildman–Crippen MR) is 121 cm³/mol.